The Labute approximate surface area is 181 Å². The molecule has 3 aromatic rings. The minimum atomic E-state index is -4.68. The van der Waals surface area contributed by atoms with Crippen molar-refractivity contribution in [3.63, 3.8) is 0 Å². The van der Waals surface area contributed by atoms with Gasteiger partial charge in [-0.1, -0.05) is 19.4 Å². The average Bonchev–Trinajstić information content (AvgIpc) is 3.41. The van der Waals surface area contributed by atoms with Crippen LogP contribution in [0.25, 0.3) is 21.9 Å². The third-order valence-electron chi connectivity index (χ3n) is 5.71. The molecule has 2 atom stereocenters. The number of nitrogens with one attached hydrogen (secondary N) is 2. The molecule has 0 aliphatic heterocycles. The number of benzene rings is 2. The van der Waals surface area contributed by atoms with Gasteiger partial charge in [0.15, 0.2) is 0 Å². The number of nitriles is 1. The maximum absolute atomic E-state index is 14.1. The lowest BCUT2D eigenvalue weighted by atomic mass is 10.0. The molecule has 1 unspecified atom stereocenters. The van der Waals surface area contributed by atoms with E-state index in [9.17, 15) is 27.6 Å². The Morgan fingerprint density at radius 3 is 2.56 bits per heavy atom. The number of amides is 1. The monoisotopic (exact) mass is 447 g/mol. The number of hydrogen-bond acceptors (Lipinski definition) is 4. The molecule has 9 heteroatoms. The normalized spacial score (nSPS) is 17.1. The van der Waals surface area contributed by atoms with Crippen LogP contribution in [0.1, 0.15) is 44.2 Å². The van der Waals surface area contributed by atoms with E-state index in [0.29, 0.717) is 35.6 Å². The first kappa shape index (κ1) is 22.1. The largest absolute Gasteiger partial charge is 0.456 e. The topological polar surface area (TPSA) is 78.1 Å². The second kappa shape index (κ2) is 8.10. The maximum Gasteiger partial charge on any atom is 0.407 e. The van der Waals surface area contributed by atoms with Gasteiger partial charge < -0.3 is 9.73 Å². The first-order chi connectivity index (χ1) is 15.2. The standard InChI is InChI=1S/C23H21F4N3O2/c1-2-3-17(21(31)30-22(12-28)8-9-22)29-20(23(25,26)27)13-4-7-18-16(10-13)15-6-5-14(24)11-19(15)32-18/h4-7,10-11,17,20,29H,2-3,8-9H2,1H3,(H,30,31)/t17-,20?/m0/s1. The van der Waals surface area contributed by atoms with Gasteiger partial charge in [-0.15, -0.1) is 0 Å². The van der Waals surface area contributed by atoms with Gasteiger partial charge in [0.25, 0.3) is 0 Å². The van der Waals surface area contributed by atoms with Crippen molar-refractivity contribution in [1.29, 1.82) is 5.26 Å². The fraction of sp³-hybridized carbons (Fsp3) is 0.391. The Kier molecular flexibility index (Phi) is 5.59. The summed E-state index contributed by atoms with van der Waals surface area (Å²) >= 11 is 0. The second-order valence-corrected chi connectivity index (χ2v) is 8.16. The van der Waals surface area contributed by atoms with Crippen LogP contribution in [0, 0.1) is 17.1 Å². The number of carbonyl (C=O) groups is 1. The second-order valence-electron chi connectivity index (χ2n) is 8.16. The average molecular weight is 447 g/mol. The molecule has 0 bridgehead atoms. The summed E-state index contributed by atoms with van der Waals surface area (Å²) in [5, 5.41) is 15.2. The van der Waals surface area contributed by atoms with E-state index in [4.69, 9.17) is 4.42 Å². The van der Waals surface area contributed by atoms with Crippen molar-refractivity contribution >= 4 is 27.8 Å². The fourth-order valence-corrected chi connectivity index (χ4v) is 3.82. The molecular formula is C23H21F4N3O2. The lowest BCUT2D eigenvalue weighted by Crippen LogP contribution is -2.51. The third-order valence-corrected chi connectivity index (χ3v) is 5.71. The minimum absolute atomic E-state index is 0.0904. The highest BCUT2D eigenvalue weighted by atomic mass is 19.4. The molecule has 1 aliphatic carbocycles. The minimum Gasteiger partial charge on any atom is -0.456 e. The SMILES string of the molecule is CCC[C@H](NC(c1ccc2oc3cc(F)ccc3c2c1)C(F)(F)F)C(=O)NC1(C#N)CC1. The van der Waals surface area contributed by atoms with Crippen LogP contribution < -0.4 is 10.6 Å². The molecule has 0 radical (unpaired) electrons. The van der Waals surface area contributed by atoms with Gasteiger partial charge in [-0.2, -0.15) is 18.4 Å². The molecule has 2 N–H and O–H groups in total. The summed E-state index contributed by atoms with van der Waals surface area (Å²) in [6, 6.07) is 6.68. The lowest BCUT2D eigenvalue weighted by molar-refractivity contribution is -0.161. The van der Waals surface area contributed by atoms with Crippen molar-refractivity contribution in [2.75, 3.05) is 0 Å². The van der Waals surface area contributed by atoms with Crippen molar-refractivity contribution in [3.05, 3.63) is 47.8 Å². The van der Waals surface area contributed by atoms with E-state index < -0.39 is 35.5 Å². The van der Waals surface area contributed by atoms with Gasteiger partial charge >= 0.3 is 6.18 Å². The van der Waals surface area contributed by atoms with Crippen LogP contribution in [0.4, 0.5) is 17.6 Å². The smallest absolute Gasteiger partial charge is 0.407 e. The van der Waals surface area contributed by atoms with Gasteiger partial charge in [0.2, 0.25) is 5.91 Å². The van der Waals surface area contributed by atoms with Gasteiger partial charge in [0, 0.05) is 16.8 Å². The van der Waals surface area contributed by atoms with E-state index in [1.165, 1.54) is 36.4 Å². The molecule has 4 rings (SSSR count). The van der Waals surface area contributed by atoms with Crippen molar-refractivity contribution in [2.45, 2.75) is 56.4 Å². The zero-order chi connectivity index (χ0) is 23.1. The summed E-state index contributed by atoms with van der Waals surface area (Å²) in [6.45, 7) is 1.77. The number of carbonyl (C=O) groups excluding carboxylic acids is 1. The van der Waals surface area contributed by atoms with Crippen molar-refractivity contribution in [2.24, 2.45) is 0 Å². The molecule has 1 aromatic heterocycles. The summed E-state index contributed by atoms with van der Waals surface area (Å²) in [6.07, 6.45) is -3.05. The van der Waals surface area contributed by atoms with E-state index in [2.05, 4.69) is 10.6 Å². The predicted molar refractivity (Wildman–Crippen MR) is 110 cm³/mol. The number of alkyl halides is 3. The first-order valence-corrected chi connectivity index (χ1v) is 10.3. The third kappa shape index (κ3) is 4.28. The van der Waals surface area contributed by atoms with E-state index >= 15 is 0 Å². The van der Waals surface area contributed by atoms with Crippen LogP contribution in [-0.2, 0) is 4.79 Å². The highest BCUT2D eigenvalue weighted by molar-refractivity contribution is 6.05. The molecule has 32 heavy (non-hydrogen) atoms. The lowest BCUT2D eigenvalue weighted by Gasteiger charge is -2.28. The molecule has 0 spiro atoms. The number of fused-ring (bicyclic) bond motifs is 3. The van der Waals surface area contributed by atoms with Crippen molar-refractivity contribution in [3.8, 4) is 6.07 Å². The van der Waals surface area contributed by atoms with Crippen LogP contribution in [-0.4, -0.2) is 23.7 Å². The van der Waals surface area contributed by atoms with Gasteiger partial charge in [-0.05, 0) is 49.1 Å². The summed E-state index contributed by atoms with van der Waals surface area (Å²) in [7, 11) is 0. The number of nitrogens with zero attached hydrogens (tertiary/aromatic N) is 1. The van der Waals surface area contributed by atoms with Crippen LogP contribution in [0.2, 0.25) is 0 Å². The summed E-state index contributed by atoms with van der Waals surface area (Å²) in [4.78, 5) is 12.7. The number of furan rings is 1. The van der Waals surface area contributed by atoms with E-state index in [0.717, 1.165) is 0 Å². The summed E-state index contributed by atoms with van der Waals surface area (Å²) in [5.41, 5.74) is -0.485. The molecule has 1 aliphatic rings. The molecule has 1 heterocycles. The van der Waals surface area contributed by atoms with Crippen LogP contribution in [0.15, 0.2) is 40.8 Å². The molecule has 2 aromatic carbocycles. The zero-order valence-electron chi connectivity index (χ0n) is 17.2. The molecular weight excluding hydrogens is 426 g/mol. The van der Waals surface area contributed by atoms with Gasteiger partial charge in [0.05, 0.1) is 12.1 Å². The number of halogens is 4. The van der Waals surface area contributed by atoms with E-state index in [1.54, 1.807) is 6.92 Å². The summed E-state index contributed by atoms with van der Waals surface area (Å²) < 4.78 is 61.2. The van der Waals surface area contributed by atoms with Gasteiger partial charge in [-0.25, -0.2) is 4.39 Å². The van der Waals surface area contributed by atoms with Crippen LogP contribution in [0.5, 0.6) is 0 Å². The summed E-state index contributed by atoms with van der Waals surface area (Å²) in [5.74, 6) is -1.13. The Hall–Kier alpha value is -3.12. The van der Waals surface area contributed by atoms with E-state index in [1.807, 2.05) is 6.07 Å². The van der Waals surface area contributed by atoms with Crippen LogP contribution in [0.3, 0.4) is 0 Å². The van der Waals surface area contributed by atoms with Crippen molar-refractivity contribution < 1.29 is 26.8 Å². The quantitative estimate of drug-likeness (QED) is 0.485. The zero-order valence-corrected chi connectivity index (χ0v) is 17.2. The molecule has 1 saturated carbocycles. The predicted octanol–water partition coefficient (Wildman–Crippen LogP) is 5.26. The maximum atomic E-state index is 14.1. The van der Waals surface area contributed by atoms with Gasteiger partial charge in [0.1, 0.15) is 28.6 Å². The van der Waals surface area contributed by atoms with Crippen molar-refractivity contribution in [1.82, 2.24) is 10.6 Å². The molecule has 1 amide bonds. The fourth-order valence-electron chi connectivity index (χ4n) is 3.82. The Balaban J connectivity index is 1.68. The van der Waals surface area contributed by atoms with Crippen LogP contribution >= 0.6 is 0 Å². The molecule has 5 nitrogen and oxygen atoms in total. The van der Waals surface area contributed by atoms with E-state index in [-0.39, 0.29) is 17.6 Å². The number of hydrogen-bond donors (Lipinski definition) is 2. The first-order valence-electron chi connectivity index (χ1n) is 10.3. The molecule has 1 fully saturated rings. The molecule has 168 valence electrons. The molecule has 0 saturated heterocycles. The highest BCUT2D eigenvalue weighted by Crippen LogP contribution is 2.38. The highest BCUT2D eigenvalue weighted by Gasteiger charge is 2.47. The van der Waals surface area contributed by atoms with Gasteiger partial charge in [-0.3, -0.25) is 10.1 Å². The number of rotatable bonds is 7. The Morgan fingerprint density at radius 2 is 1.94 bits per heavy atom. The Bertz CT molecular complexity index is 1210. The Morgan fingerprint density at radius 1 is 1.19 bits per heavy atom.